The van der Waals surface area contributed by atoms with E-state index in [2.05, 4.69) is 27.3 Å². The van der Waals surface area contributed by atoms with Crippen LogP contribution in [0.2, 0.25) is 0 Å². The Balaban J connectivity index is 0.00000261. The molecular formula is C18H28IN7O. The molecule has 27 heavy (non-hydrogen) atoms. The number of aliphatic imine (C=N–C) groups is 1. The Bertz CT molecular complexity index is 776. The molecule has 1 fully saturated rings. The molecule has 1 amide bonds. The van der Waals surface area contributed by atoms with E-state index in [1.165, 1.54) is 0 Å². The van der Waals surface area contributed by atoms with Crippen molar-refractivity contribution in [3.8, 4) is 0 Å². The highest BCUT2D eigenvalue weighted by Gasteiger charge is 2.23. The van der Waals surface area contributed by atoms with Gasteiger partial charge in [0.1, 0.15) is 5.82 Å². The Morgan fingerprint density at radius 1 is 1.41 bits per heavy atom. The van der Waals surface area contributed by atoms with Crippen molar-refractivity contribution in [3.63, 3.8) is 0 Å². The summed E-state index contributed by atoms with van der Waals surface area (Å²) in [4.78, 5) is 18.2. The van der Waals surface area contributed by atoms with E-state index in [4.69, 9.17) is 10.7 Å². The number of fused-ring (bicyclic) bond motifs is 1. The number of aromatic nitrogens is 3. The summed E-state index contributed by atoms with van der Waals surface area (Å²) < 4.78 is 1.99. The number of carbonyl (C=O) groups is 1. The first-order valence-electron chi connectivity index (χ1n) is 9.27. The lowest BCUT2D eigenvalue weighted by atomic mass is 9.95. The van der Waals surface area contributed by atoms with E-state index in [9.17, 15) is 4.79 Å². The number of hydrogen-bond acceptors (Lipinski definition) is 4. The molecule has 0 saturated carbocycles. The van der Waals surface area contributed by atoms with Crippen molar-refractivity contribution in [1.29, 1.82) is 0 Å². The number of nitrogens with one attached hydrogen (secondary N) is 1. The van der Waals surface area contributed by atoms with Gasteiger partial charge in [0, 0.05) is 45.2 Å². The van der Waals surface area contributed by atoms with E-state index in [1.807, 2.05) is 28.8 Å². The zero-order valence-electron chi connectivity index (χ0n) is 15.7. The van der Waals surface area contributed by atoms with Crippen molar-refractivity contribution in [1.82, 2.24) is 24.8 Å². The van der Waals surface area contributed by atoms with Gasteiger partial charge in [0.05, 0.1) is 0 Å². The molecule has 3 rings (SSSR count). The molecule has 1 saturated heterocycles. The van der Waals surface area contributed by atoms with E-state index in [0.29, 0.717) is 18.9 Å². The molecule has 0 aromatic carbocycles. The summed E-state index contributed by atoms with van der Waals surface area (Å²) in [5, 5.41) is 11.8. The van der Waals surface area contributed by atoms with Crippen molar-refractivity contribution in [2.75, 3.05) is 26.2 Å². The predicted molar refractivity (Wildman–Crippen MR) is 116 cm³/mol. The Kier molecular flexibility index (Phi) is 8.26. The standard InChI is InChI=1S/C18H27N7O.HI/c1-2-20-18(24-10-5-6-14(13-24)12-15(19)26)21-9-8-17-23-22-16-7-3-4-11-25(16)17;/h3-4,7,11,14H,2,5-6,8-10,12-13H2,1H3,(H2,19,26)(H,20,21);1H. The summed E-state index contributed by atoms with van der Waals surface area (Å²) in [5.41, 5.74) is 6.22. The Morgan fingerprint density at radius 3 is 3.04 bits per heavy atom. The van der Waals surface area contributed by atoms with Crippen LogP contribution in [0, 0.1) is 5.92 Å². The van der Waals surface area contributed by atoms with Crippen LogP contribution in [0.1, 0.15) is 32.0 Å². The van der Waals surface area contributed by atoms with Gasteiger partial charge in [-0.1, -0.05) is 6.07 Å². The molecule has 148 valence electrons. The van der Waals surface area contributed by atoms with Gasteiger partial charge >= 0.3 is 0 Å². The third-order valence-corrected chi connectivity index (χ3v) is 4.62. The first kappa shape index (κ1) is 21.4. The van der Waals surface area contributed by atoms with E-state index in [0.717, 1.165) is 56.3 Å². The van der Waals surface area contributed by atoms with Gasteiger partial charge in [0.15, 0.2) is 11.6 Å². The largest absolute Gasteiger partial charge is 0.370 e. The highest BCUT2D eigenvalue weighted by molar-refractivity contribution is 14.0. The van der Waals surface area contributed by atoms with E-state index in [1.54, 1.807) is 0 Å². The minimum atomic E-state index is -0.225. The fourth-order valence-corrected chi connectivity index (χ4v) is 3.46. The molecule has 8 nitrogen and oxygen atoms in total. The number of primary amides is 1. The van der Waals surface area contributed by atoms with Crippen molar-refractivity contribution >= 4 is 41.5 Å². The zero-order valence-corrected chi connectivity index (χ0v) is 18.0. The molecule has 0 spiro atoms. The molecule has 1 atom stereocenters. The van der Waals surface area contributed by atoms with Crippen LogP contribution in [0.3, 0.4) is 0 Å². The number of amides is 1. The summed E-state index contributed by atoms with van der Waals surface area (Å²) in [5.74, 6) is 1.89. The SMILES string of the molecule is CCNC(=NCCc1nnc2ccccn12)N1CCCC(CC(N)=O)C1.I. The second kappa shape index (κ2) is 10.4. The van der Waals surface area contributed by atoms with Gasteiger partial charge in [-0.2, -0.15) is 0 Å². The number of nitrogens with two attached hydrogens (primary N) is 1. The van der Waals surface area contributed by atoms with Crippen LogP contribution < -0.4 is 11.1 Å². The fourth-order valence-electron chi connectivity index (χ4n) is 3.46. The van der Waals surface area contributed by atoms with Gasteiger partial charge in [-0.25, -0.2) is 0 Å². The zero-order chi connectivity index (χ0) is 18.4. The Labute approximate surface area is 176 Å². The molecule has 1 unspecified atom stereocenters. The average Bonchev–Trinajstić information content (AvgIpc) is 3.04. The number of likely N-dealkylation sites (tertiary alicyclic amines) is 1. The molecule has 1 aliphatic heterocycles. The maximum Gasteiger partial charge on any atom is 0.217 e. The monoisotopic (exact) mass is 485 g/mol. The smallest absolute Gasteiger partial charge is 0.217 e. The molecule has 2 aromatic heterocycles. The van der Waals surface area contributed by atoms with E-state index in [-0.39, 0.29) is 29.9 Å². The van der Waals surface area contributed by atoms with Gasteiger partial charge in [-0.05, 0) is 37.8 Å². The maximum absolute atomic E-state index is 11.2. The molecule has 0 bridgehead atoms. The third kappa shape index (κ3) is 5.78. The van der Waals surface area contributed by atoms with E-state index >= 15 is 0 Å². The van der Waals surface area contributed by atoms with Gasteiger partial charge in [0.25, 0.3) is 0 Å². The highest BCUT2D eigenvalue weighted by Crippen LogP contribution is 2.19. The third-order valence-electron chi connectivity index (χ3n) is 4.62. The molecular weight excluding hydrogens is 457 g/mol. The maximum atomic E-state index is 11.2. The second-order valence-corrected chi connectivity index (χ2v) is 6.66. The van der Waals surface area contributed by atoms with Gasteiger partial charge in [-0.3, -0.25) is 14.2 Å². The lowest BCUT2D eigenvalue weighted by Crippen LogP contribution is -2.47. The van der Waals surface area contributed by atoms with Crippen molar-refractivity contribution in [3.05, 3.63) is 30.2 Å². The number of halogens is 1. The molecule has 3 N–H and O–H groups in total. The van der Waals surface area contributed by atoms with Crippen LogP contribution in [-0.2, 0) is 11.2 Å². The average molecular weight is 485 g/mol. The Morgan fingerprint density at radius 2 is 2.26 bits per heavy atom. The molecule has 9 heteroatoms. The predicted octanol–water partition coefficient (Wildman–Crippen LogP) is 1.44. The van der Waals surface area contributed by atoms with Gasteiger partial charge < -0.3 is 16.0 Å². The number of piperidine rings is 1. The summed E-state index contributed by atoms with van der Waals surface area (Å²) in [6.45, 7) is 5.28. The van der Waals surface area contributed by atoms with Crippen molar-refractivity contribution in [2.45, 2.75) is 32.6 Å². The summed E-state index contributed by atoms with van der Waals surface area (Å²) in [6.07, 6.45) is 5.24. The quantitative estimate of drug-likeness (QED) is 0.367. The number of nitrogens with zero attached hydrogens (tertiary/aromatic N) is 5. The minimum absolute atomic E-state index is 0. The Hall–Kier alpha value is -1.91. The first-order valence-corrected chi connectivity index (χ1v) is 9.27. The number of pyridine rings is 1. The summed E-state index contributed by atoms with van der Waals surface area (Å²) >= 11 is 0. The number of hydrogen-bond donors (Lipinski definition) is 2. The molecule has 0 aliphatic carbocycles. The lowest BCUT2D eigenvalue weighted by molar-refractivity contribution is -0.119. The van der Waals surface area contributed by atoms with E-state index < -0.39 is 0 Å². The van der Waals surface area contributed by atoms with Gasteiger partial charge in [-0.15, -0.1) is 34.2 Å². The summed E-state index contributed by atoms with van der Waals surface area (Å²) in [6, 6.07) is 5.87. The highest BCUT2D eigenvalue weighted by atomic mass is 127. The molecule has 1 aliphatic rings. The number of guanidine groups is 1. The molecule has 0 radical (unpaired) electrons. The van der Waals surface area contributed by atoms with Crippen LogP contribution in [0.4, 0.5) is 0 Å². The van der Waals surface area contributed by atoms with Crippen LogP contribution in [0.25, 0.3) is 5.65 Å². The van der Waals surface area contributed by atoms with Crippen molar-refractivity contribution in [2.24, 2.45) is 16.6 Å². The fraction of sp³-hybridized carbons (Fsp3) is 0.556. The van der Waals surface area contributed by atoms with Crippen LogP contribution >= 0.6 is 24.0 Å². The first-order chi connectivity index (χ1) is 12.7. The molecule has 3 heterocycles. The van der Waals surface area contributed by atoms with Crippen LogP contribution in [0.15, 0.2) is 29.4 Å². The van der Waals surface area contributed by atoms with Crippen LogP contribution in [0.5, 0.6) is 0 Å². The summed E-state index contributed by atoms with van der Waals surface area (Å²) in [7, 11) is 0. The number of rotatable bonds is 6. The minimum Gasteiger partial charge on any atom is -0.370 e. The second-order valence-electron chi connectivity index (χ2n) is 6.66. The molecule has 2 aromatic rings. The van der Waals surface area contributed by atoms with Crippen LogP contribution in [-0.4, -0.2) is 57.5 Å². The number of carbonyl (C=O) groups excluding carboxylic acids is 1. The normalized spacial score (nSPS) is 17.6. The van der Waals surface area contributed by atoms with Crippen molar-refractivity contribution < 1.29 is 4.79 Å². The van der Waals surface area contributed by atoms with Gasteiger partial charge in [0.2, 0.25) is 5.91 Å². The topological polar surface area (TPSA) is 101 Å². The lowest BCUT2D eigenvalue weighted by Gasteiger charge is -2.34.